The van der Waals surface area contributed by atoms with E-state index in [9.17, 15) is 14.0 Å². The molecule has 1 N–H and O–H groups in total. The van der Waals surface area contributed by atoms with Crippen LogP contribution in [0.3, 0.4) is 0 Å². The molecule has 0 spiro atoms. The fourth-order valence-corrected chi connectivity index (χ4v) is 2.93. The number of hydrogen-bond acceptors (Lipinski definition) is 2. The first-order chi connectivity index (χ1) is 13.3. The van der Waals surface area contributed by atoms with Crippen molar-refractivity contribution in [2.45, 2.75) is 59.2 Å². The van der Waals surface area contributed by atoms with Gasteiger partial charge in [0.15, 0.2) is 0 Å². The first-order valence-electron chi connectivity index (χ1n) is 9.71. The van der Waals surface area contributed by atoms with Gasteiger partial charge in [-0.05, 0) is 49.9 Å². The van der Waals surface area contributed by atoms with Gasteiger partial charge in [-0.25, -0.2) is 4.39 Å². The predicted octanol–water partition coefficient (Wildman–Crippen LogP) is 4.01. The minimum Gasteiger partial charge on any atom is -0.352 e. The molecule has 2 rings (SSSR count). The molecule has 28 heavy (non-hydrogen) atoms. The summed E-state index contributed by atoms with van der Waals surface area (Å²) in [7, 11) is 0. The highest BCUT2D eigenvalue weighted by Gasteiger charge is 2.27. The number of carbonyl (C=O) groups is 2. The molecule has 2 atom stereocenters. The maximum Gasteiger partial charge on any atom is 0.242 e. The Labute approximate surface area is 166 Å². The molecule has 150 valence electrons. The number of hydrogen-bond donors (Lipinski definition) is 1. The number of halogens is 1. The standard InChI is InChI=1S/C23H29FN2O2/c1-5-17(3)25-23(28)18(4)26(15-20-12-7-6-10-16(20)2)22(27)14-19-11-8-9-13-21(19)24/h6-13,17-18H,5,14-15H2,1-4H3,(H,25,28)/t17-,18-/m1/s1. The van der Waals surface area contributed by atoms with Gasteiger partial charge < -0.3 is 10.2 Å². The Morgan fingerprint density at radius 3 is 2.25 bits per heavy atom. The molecule has 0 aliphatic rings. The van der Waals surface area contributed by atoms with Crippen LogP contribution in [0, 0.1) is 12.7 Å². The van der Waals surface area contributed by atoms with Crippen LogP contribution in [-0.2, 0) is 22.6 Å². The lowest BCUT2D eigenvalue weighted by molar-refractivity contribution is -0.140. The summed E-state index contributed by atoms with van der Waals surface area (Å²) in [4.78, 5) is 27.3. The van der Waals surface area contributed by atoms with Gasteiger partial charge in [0.25, 0.3) is 0 Å². The van der Waals surface area contributed by atoms with E-state index in [0.717, 1.165) is 17.5 Å². The summed E-state index contributed by atoms with van der Waals surface area (Å²) in [5.74, 6) is -0.895. The van der Waals surface area contributed by atoms with E-state index in [0.29, 0.717) is 12.1 Å². The smallest absolute Gasteiger partial charge is 0.242 e. The lowest BCUT2D eigenvalue weighted by atomic mass is 10.1. The topological polar surface area (TPSA) is 49.4 Å². The molecule has 0 saturated heterocycles. The van der Waals surface area contributed by atoms with Crippen LogP contribution >= 0.6 is 0 Å². The third kappa shape index (κ3) is 5.65. The molecule has 0 heterocycles. The van der Waals surface area contributed by atoms with Gasteiger partial charge in [-0.2, -0.15) is 0 Å². The number of carbonyl (C=O) groups excluding carboxylic acids is 2. The van der Waals surface area contributed by atoms with Crippen molar-refractivity contribution in [3.63, 3.8) is 0 Å². The molecule has 2 amide bonds. The SMILES string of the molecule is CC[C@@H](C)NC(=O)[C@@H](C)N(Cc1ccccc1C)C(=O)Cc1ccccc1F. The third-order valence-electron chi connectivity index (χ3n) is 5.07. The van der Waals surface area contributed by atoms with Crippen LogP contribution in [0.5, 0.6) is 0 Å². The maximum absolute atomic E-state index is 14.0. The van der Waals surface area contributed by atoms with Gasteiger partial charge in [-0.15, -0.1) is 0 Å². The highest BCUT2D eigenvalue weighted by atomic mass is 19.1. The summed E-state index contributed by atoms with van der Waals surface area (Å²) >= 11 is 0. The largest absolute Gasteiger partial charge is 0.352 e. The minimum absolute atomic E-state index is 0.0249. The van der Waals surface area contributed by atoms with E-state index in [1.165, 1.54) is 11.0 Å². The third-order valence-corrected chi connectivity index (χ3v) is 5.07. The highest BCUT2D eigenvalue weighted by molar-refractivity contribution is 5.88. The summed E-state index contributed by atoms with van der Waals surface area (Å²) < 4.78 is 14.0. The second kappa shape index (κ2) is 10.0. The van der Waals surface area contributed by atoms with Crippen molar-refractivity contribution in [3.8, 4) is 0 Å². The number of benzene rings is 2. The molecule has 0 fully saturated rings. The van der Waals surface area contributed by atoms with Gasteiger partial charge >= 0.3 is 0 Å². The van der Waals surface area contributed by atoms with Crippen molar-refractivity contribution in [1.29, 1.82) is 0 Å². The predicted molar refractivity (Wildman–Crippen MR) is 109 cm³/mol. The fraction of sp³-hybridized carbons (Fsp3) is 0.391. The van der Waals surface area contributed by atoms with Crippen molar-refractivity contribution in [2.75, 3.05) is 0 Å². The molecule has 2 aromatic carbocycles. The second-order valence-corrected chi connectivity index (χ2v) is 7.21. The van der Waals surface area contributed by atoms with Crippen LogP contribution in [0.1, 0.15) is 43.9 Å². The van der Waals surface area contributed by atoms with Crippen LogP contribution in [-0.4, -0.2) is 28.8 Å². The monoisotopic (exact) mass is 384 g/mol. The number of nitrogens with one attached hydrogen (secondary N) is 1. The summed E-state index contributed by atoms with van der Waals surface area (Å²) in [5.41, 5.74) is 2.34. The van der Waals surface area contributed by atoms with E-state index in [4.69, 9.17) is 0 Å². The van der Waals surface area contributed by atoms with E-state index < -0.39 is 11.9 Å². The van der Waals surface area contributed by atoms with Gasteiger partial charge in [0.2, 0.25) is 11.8 Å². The number of aryl methyl sites for hydroxylation is 1. The molecule has 0 bridgehead atoms. The zero-order valence-corrected chi connectivity index (χ0v) is 17.0. The van der Waals surface area contributed by atoms with Crippen LogP contribution < -0.4 is 5.32 Å². The lowest BCUT2D eigenvalue weighted by Crippen LogP contribution is -2.50. The van der Waals surface area contributed by atoms with E-state index in [1.807, 2.05) is 45.0 Å². The summed E-state index contributed by atoms with van der Waals surface area (Å²) in [6.07, 6.45) is 0.721. The van der Waals surface area contributed by atoms with Crippen molar-refractivity contribution in [2.24, 2.45) is 0 Å². The summed E-state index contributed by atoms with van der Waals surface area (Å²) in [5, 5.41) is 2.93. The van der Waals surface area contributed by atoms with E-state index in [2.05, 4.69) is 5.32 Å². The molecule has 0 radical (unpaired) electrons. The van der Waals surface area contributed by atoms with Crippen LogP contribution in [0.4, 0.5) is 4.39 Å². The first kappa shape index (κ1) is 21.6. The van der Waals surface area contributed by atoms with Gasteiger partial charge in [-0.1, -0.05) is 49.4 Å². The summed E-state index contributed by atoms with van der Waals surface area (Å²) in [6.45, 7) is 7.91. The van der Waals surface area contributed by atoms with Crippen molar-refractivity contribution in [1.82, 2.24) is 10.2 Å². The Kier molecular flexibility index (Phi) is 7.73. The van der Waals surface area contributed by atoms with Crippen molar-refractivity contribution in [3.05, 3.63) is 71.0 Å². The zero-order chi connectivity index (χ0) is 20.7. The Morgan fingerprint density at radius 2 is 1.64 bits per heavy atom. The molecule has 4 nitrogen and oxygen atoms in total. The van der Waals surface area contributed by atoms with Gasteiger partial charge in [-0.3, -0.25) is 9.59 Å². The second-order valence-electron chi connectivity index (χ2n) is 7.21. The minimum atomic E-state index is -0.659. The Balaban J connectivity index is 2.26. The van der Waals surface area contributed by atoms with Crippen LogP contribution in [0.2, 0.25) is 0 Å². The maximum atomic E-state index is 14.0. The van der Waals surface area contributed by atoms with Crippen LogP contribution in [0.15, 0.2) is 48.5 Å². The summed E-state index contributed by atoms with van der Waals surface area (Å²) in [6, 6.07) is 13.4. The Bertz CT molecular complexity index is 822. The molecule has 0 aromatic heterocycles. The van der Waals surface area contributed by atoms with Crippen LogP contribution in [0.25, 0.3) is 0 Å². The van der Waals surface area contributed by atoms with Crippen molar-refractivity contribution < 1.29 is 14.0 Å². The molecule has 0 aliphatic heterocycles. The highest BCUT2D eigenvalue weighted by Crippen LogP contribution is 2.16. The van der Waals surface area contributed by atoms with E-state index in [-0.39, 0.29) is 24.3 Å². The Hall–Kier alpha value is -2.69. The van der Waals surface area contributed by atoms with Crippen molar-refractivity contribution >= 4 is 11.8 Å². The molecule has 0 aliphatic carbocycles. The average molecular weight is 384 g/mol. The van der Waals surface area contributed by atoms with Gasteiger partial charge in [0, 0.05) is 12.6 Å². The molecule has 5 heteroatoms. The molecular weight excluding hydrogens is 355 g/mol. The molecular formula is C23H29FN2O2. The van der Waals surface area contributed by atoms with Gasteiger partial charge in [0.1, 0.15) is 11.9 Å². The number of amides is 2. The van der Waals surface area contributed by atoms with Gasteiger partial charge in [0.05, 0.1) is 6.42 Å². The molecule has 0 unspecified atom stereocenters. The quantitative estimate of drug-likeness (QED) is 0.748. The number of nitrogens with zero attached hydrogens (tertiary/aromatic N) is 1. The van der Waals surface area contributed by atoms with E-state index in [1.54, 1.807) is 25.1 Å². The first-order valence-corrected chi connectivity index (χ1v) is 9.71. The molecule has 0 saturated carbocycles. The Morgan fingerprint density at radius 1 is 1.04 bits per heavy atom. The average Bonchev–Trinajstić information content (AvgIpc) is 2.68. The normalized spacial score (nSPS) is 12.9. The van der Waals surface area contributed by atoms with E-state index >= 15 is 0 Å². The molecule has 2 aromatic rings. The lowest BCUT2D eigenvalue weighted by Gasteiger charge is -2.30. The fourth-order valence-electron chi connectivity index (χ4n) is 2.93. The number of rotatable bonds is 8. The zero-order valence-electron chi connectivity index (χ0n) is 17.0.